The van der Waals surface area contributed by atoms with Crippen LogP contribution in [0, 0.1) is 6.92 Å². The number of rotatable bonds is 4. The van der Waals surface area contributed by atoms with Crippen molar-refractivity contribution in [1.29, 1.82) is 0 Å². The van der Waals surface area contributed by atoms with Crippen molar-refractivity contribution < 1.29 is 9.53 Å². The van der Waals surface area contributed by atoms with Gasteiger partial charge in [0.2, 0.25) is 0 Å². The average molecular weight is 355 g/mol. The van der Waals surface area contributed by atoms with Crippen molar-refractivity contribution >= 4 is 16.9 Å². The molecule has 0 saturated heterocycles. The summed E-state index contributed by atoms with van der Waals surface area (Å²) in [7, 11) is 0. The molecule has 0 amide bonds. The Labute approximate surface area is 158 Å². The second kappa shape index (κ2) is 7.12. The summed E-state index contributed by atoms with van der Waals surface area (Å²) in [6.45, 7) is 3.80. The minimum atomic E-state index is -0.276. The summed E-state index contributed by atoms with van der Waals surface area (Å²) in [4.78, 5) is 14.3. The van der Waals surface area contributed by atoms with Crippen LogP contribution in [-0.4, -0.2) is 11.0 Å². The van der Waals surface area contributed by atoms with Crippen LogP contribution in [0.15, 0.2) is 72.8 Å². The van der Waals surface area contributed by atoms with Gasteiger partial charge < -0.3 is 9.72 Å². The lowest BCUT2D eigenvalue weighted by Crippen LogP contribution is -1.98. The Balaban J connectivity index is 1.75. The van der Waals surface area contributed by atoms with Crippen molar-refractivity contribution in [1.82, 2.24) is 4.98 Å². The standard InChI is InChI=1S/C24H21NO2/c1-16-6-5-7-18(12-16)22-8-3-4-9-23(22)19-10-11-24-20(13-19)14-21(25-24)15-27-17(2)26/h3-14,25H,15H2,1-2H3. The Kier molecular flexibility index (Phi) is 4.51. The number of fused-ring (bicyclic) bond motifs is 1. The summed E-state index contributed by atoms with van der Waals surface area (Å²) in [5.74, 6) is -0.276. The molecule has 3 heteroatoms. The van der Waals surface area contributed by atoms with Gasteiger partial charge in [-0.15, -0.1) is 0 Å². The predicted molar refractivity (Wildman–Crippen MR) is 109 cm³/mol. The first-order chi connectivity index (χ1) is 13.1. The molecule has 0 aliphatic heterocycles. The molecule has 0 fully saturated rings. The molecular formula is C24H21NO2. The van der Waals surface area contributed by atoms with Crippen LogP contribution in [0.4, 0.5) is 0 Å². The molecular weight excluding hydrogens is 334 g/mol. The molecule has 4 aromatic rings. The Morgan fingerprint density at radius 3 is 2.33 bits per heavy atom. The normalized spacial score (nSPS) is 10.9. The minimum absolute atomic E-state index is 0.263. The number of esters is 1. The van der Waals surface area contributed by atoms with E-state index in [0.717, 1.165) is 22.2 Å². The highest BCUT2D eigenvalue weighted by atomic mass is 16.5. The monoisotopic (exact) mass is 355 g/mol. The molecule has 0 aliphatic rings. The fourth-order valence-electron chi connectivity index (χ4n) is 3.42. The van der Waals surface area contributed by atoms with Crippen LogP contribution >= 0.6 is 0 Å². The number of H-pyrrole nitrogens is 1. The number of carbonyl (C=O) groups excluding carboxylic acids is 1. The Bertz CT molecular complexity index is 1120. The van der Waals surface area contributed by atoms with Gasteiger partial charge in [-0.05, 0) is 47.4 Å². The van der Waals surface area contributed by atoms with Crippen molar-refractivity contribution in [3.05, 3.63) is 84.1 Å². The maximum Gasteiger partial charge on any atom is 0.303 e. The number of ether oxygens (including phenoxy) is 1. The number of aromatic amines is 1. The zero-order valence-corrected chi connectivity index (χ0v) is 15.5. The first kappa shape index (κ1) is 17.1. The molecule has 1 aromatic heterocycles. The highest BCUT2D eigenvalue weighted by molar-refractivity contribution is 5.90. The van der Waals surface area contributed by atoms with Gasteiger partial charge in [0.1, 0.15) is 6.61 Å². The lowest BCUT2D eigenvalue weighted by atomic mass is 9.93. The van der Waals surface area contributed by atoms with Crippen molar-refractivity contribution in [2.45, 2.75) is 20.5 Å². The van der Waals surface area contributed by atoms with Crippen LogP contribution in [-0.2, 0) is 16.1 Å². The fourth-order valence-corrected chi connectivity index (χ4v) is 3.42. The van der Waals surface area contributed by atoms with E-state index in [2.05, 4.69) is 78.6 Å². The van der Waals surface area contributed by atoms with Crippen molar-refractivity contribution in [3.8, 4) is 22.3 Å². The first-order valence-corrected chi connectivity index (χ1v) is 9.01. The second-order valence-corrected chi connectivity index (χ2v) is 6.79. The van der Waals surface area contributed by atoms with E-state index in [1.807, 2.05) is 6.07 Å². The van der Waals surface area contributed by atoms with E-state index >= 15 is 0 Å². The molecule has 1 heterocycles. The quantitative estimate of drug-likeness (QED) is 0.465. The second-order valence-electron chi connectivity index (χ2n) is 6.79. The maximum atomic E-state index is 11.0. The molecule has 0 unspecified atom stereocenters. The van der Waals surface area contributed by atoms with Gasteiger partial charge in [0.05, 0.1) is 5.69 Å². The summed E-state index contributed by atoms with van der Waals surface area (Å²) in [6.07, 6.45) is 0. The summed E-state index contributed by atoms with van der Waals surface area (Å²) in [5.41, 5.74) is 7.98. The third-order valence-corrected chi connectivity index (χ3v) is 4.67. The van der Waals surface area contributed by atoms with E-state index in [1.165, 1.54) is 29.2 Å². The Morgan fingerprint density at radius 1 is 0.889 bits per heavy atom. The van der Waals surface area contributed by atoms with Gasteiger partial charge in [-0.25, -0.2) is 0 Å². The zero-order chi connectivity index (χ0) is 18.8. The van der Waals surface area contributed by atoms with E-state index in [1.54, 1.807) is 0 Å². The number of benzene rings is 3. The average Bonchev–Trinajstić information content (AvgIpc) is 3.08. The summed E-state index contributed by atoms with van der Waals surface area (Å²) in [6, 6.07) is 25.5. The topological polar surface area (TPSA) is 42.1 Å². The number of hydrogen-bond acceptors (Lipinski definition) is 2. The third-order valence-electron chi connectivity index (χ3n) is 4.67. The van der Waals surface area contributed by atoms with Crippen molar-refractivity contribution in [2.24, 2.45) is 0 Å². The summed E-state index contributed by atoms with van der Waals surface area (Å²) in [5, 5.41) is 1.11. The van der Waals surface area contributed by atoms with Gasteiger partial charge in [0.25, 0.3) is 0 Å². The fraction of sp³-hybridized carbons (Fsp3) is 0.125. The molecule has 134 valence electrons. The molecule has 1 N–H and O–H groups in total. The number of nitrogens with one attached hydrogen (secondary N) is 1. The molecule has 0 radical (unpaired) electrons. The number of aromatic nitrogens is 1. The maximum absolute atomic E-state index is 11.0. The van der Waals surface area contributed by atoms with Gasteiger partial charge in [-0.2, -0.15) is 0 Å². The van der Waals surface area contributed by atoms with E-state index in [0.29, 0.717) is 0 Å². The van der Waals surface area contributed by atoms with Crippen molar-refractivity contribution in [2.75, 3.05) is 0 Å². The van der Waals surface area contributed by atoms with Gasteiger partial charge in [-0.3, -0.25) is 4.79 Å². The van der Waals surface area contributed by atoms with E-state index in [4.69, 9.17) is 4.74 Å². The van der Waals surface area contributed by atoms with Crippen LogP contribution in [0.1, 0.15) is 18.2 Å². The van der Waals surface area contributed by atoms with Crippen LogP contribution in [0.25, 0.3) is 33.2 Å². The Morgan fingerprint density at radius 2 is 1.63 bits per heavy atom. The van der Waals surface area contributed by atoms with E-state index in [9.17, 15) is 4.79 Å². The largest absolute Gasteiger partial charge is 0.459 e. The molecule has 0 bridgehead atoms. The SMILES string of the molecule is CC(=O)OCc1cc2cc(-c3ccccc3-c3cccc(C)c3)ccc2[nH]1. The molecule has 27 heavy (non-hydrogen) atoms. The first-order valence-electron chi connectivity index (χ1n) is 9.01. The number of hydrogen-bond donors (Lipinski definition) is 1. The number of aryl methyl sites for hydroxylation is 1. The van der Waals surface area contributed by atoms with Gasteiger partial charge in [-0.1, -0.05) is 60.2 Å². The lowest BCUT2D eigenvalue weighted by molar-refractivity contribution is -0.142. The van der Waals surface area contributed by atoms with Gasteiger partial charge in [0, 0.05) is 17.8 Å². The molecule has 0 atom stereocenters. The van der Waals surface area contributed by atoms with E-state index < -0.39 is 0 Å². The zero-order valence-electron chi connectivity index (χ0n) is 15.5. The highest BCUT2D eigenvalue weighted by Gasteiger charge is 2.09. The summed E-state index contributed by atoms with van der Waals surface area (Å²) >= 11 is 0. The molecule has 3 nitrogen and oxygen atoms in total. The van der Waals surface area contributed by atoms with Gasteiger partial charge in [0.15, 0.2) is 0 Å². The van der Waals surface area contributed by atoms with Gasteiger partial charge >= 0.3 is 5.97 Å². The molecule has 0 aliphatic carbocycles. The van der Waals surface area contributed by atoms with E-state index in [-0.39, 0.29) is 12.6 Å². The lowest BCUT2D eigenvalue weighted by Gasteiger charge is -2.11. The summed E-state index contributed by atoms with van der Waals surface area (Å²) < 4.78 is 5.09. The molecule has 0 saturated carbocycles. The number of carbonyl (C=O) groups is 1. The van der Waals surface area contributed by atoms with Crippen LogP contribution in [0.5, 0.6) is 0 Å². The highest BCUT2D eigenvalue weighted by Crippen LogP contribution is 2.34. The van der Waals surface area contributed by atoms with Crippen molar-refractivity contribution in [3.63, 3.8) is 0 Å². The molecule has 4 rings (SSSR count). The third kappa shape index (κ3) is 3.63. The minimum Gasteiger partial charge on any atom is -0.459 e. The molecule has 3 aromatic carbocycles. The Hall–Kier alpha value is -3.33. The van der Waals surface area contributed by atoms with Crippen LogP contribution in [0.3, 0.4) is 0 Å². The smallest absolute Gasteiger partial charge is 0.303 e. The van der Waals surface area contributed by atoms with Crippen LogP contribution < -0.4 is 0 Å². The molecule has 0 spiro atoms. The predicted octanol–water partition coefficient (Wildman–Crippen LogP) is 5.87. The van der Waals surface area contributed by atoms with Crippen LogP contribution in [0.2, 0.25) is 0 Å².